The lowest BCUT2D eigenvalue weighted by Gasteiger charge is -2.38. The van der Waals surface area contributed by atoms with Gasteiger partial charge in [-0.15, -0.1) is 10.2 Å². The summed E-state index contributed by atoms with van der Waals surface area (Å²) in [6.07, 6.45) is 0.0657. The molecule has 1 saturated heterocycles. The van der Waals surface area contributed by atoms with E-state index in [-0.39, 0.29) is 18.3 Å². The monoisotopic (exact) mass is 437 g/mol. The predicted octanol–water partition coefficient (Wildman–Crippen LogP) is 1.45. The van der Waals surface area contributed by atoms with E-state index in [1.165, 1.54) is 18.0 Å². The zero-order valence-corrected chi connectivity index (χ0v) is 18.2. The molecule has 162 valence electrons. The molecule has 2 aromatic rings. The maximum absolute atomic E-state index is 13.1. The zero-order chi connectivity index (χ0) is 22.3. The first-order valence-electron chi connectivity index (χ1n) is 9.34. The van der Waals surface area contributed by atoms with Crippen LogP contribution >= 0.6 is 11.6 Å². The number of hydrogen-bond donors (Lipinski definition) is 1. The molecule has 0 spiro atoms. The van der Waals surface area contributed by atoms with Crippen LogP contribution in [0.5, 0.6) is 0 Å². The molecule has 1 amide bonds. The third-order valence-electron chi connectivity index (χ3n) is 4.42. The van der Waals surface area contributed by atoms with E-state index in [0.717, 1.165) is 5.69 Å². The Kier molecular flexibility index (Phi) is 5.85. The molecule has 30 heavy (non-hydrogen) atoms. The quantitative estimate of drug-likeness (QED) is 0.713. The lowest BCUT2D eigenvalue weighted by molar-refractivity contribution is -0.194. The van der Waals surface area contributed by atoms with Gasteiger partial charge in [-0.2, -0.15) is 5.10 Å². The first-order valence-corrected chi connectivity index (χ1v) is 9.72. The molecule has 0 aromatic carbocycles. The second kappa shape index (κ2) is 7.93. The maximum atomic E-state index is 13.1. The summed E-state index contributed by atoms with van der Waals surface area (Å²) < 4.78 is 12.3. The number of hydrogen-bond acceptors (Lipinski definition) is 8. The van der Waals surface area contributed by atoms with E-state index in [9.17, 15) is 14.7 Å². The minimum absolute atomic E-state index is 0.115. The molecular formula is C19H24ClN5O5. The van der Waals surface area contributed by atoms with Gasteiger partial charge in [0.25, 0.3) is 5.91 Å². The van der Waals surface area contributed by atoms with Gasteiger partial charge in [0.05, 0.1) is 25.0 Å². The molecule has 0 radical (unpaired) electrons. The van der Waals surface area contributed by atoms with E-state index in [2.05, 4.69) is 15.3 Å². The van der Waals surface area contributed by atoms with Crippen LogP contribution in [0.3, 0.4) is 0 Å². The average Bonchev–Trinajstić information content (AvgIpc) is 3.01. The van der Waals surface area contributed by atoms with Gasteiger partial charge < -0.3 is 14.6 Å². The van der Waals surface area contributed by atoms with Crippen LogP contribution in [0.2, 0.25) is 5.15 Å². The fraction of sp³-hybridized carbons (Fsp3) is 0.526. The largest absolute Gasteiger partial charge is 0.458 e. The van der Waals surface area contributed by atoms with Crippen molar-refractivity contribution in [1.82, 2.24) is 20.0 Å². The van der Waals surface area contributed by atoms with Crippen molar-refractivity contribution in [3.8, 4) is 5.69 Å². The van der Waals surface area contributed by atoms with Gasteiger partial charge in [0.15, 0.2) is 22.7 Å². The highest BCUT2D eigenvalue weighted by molar-refractivity contribution is 6.29. The van der Waals surface area contributed by atoms with Crippen LogP contribution in [0.4, 0.5) is 5.82 Å². The number of anilines is 1. The van der Waals surface area contributed by atoms with Crippen molar-refractivity contribution >= 4 is 29.3 Å². The molecule has 0 bridgehead atoms. The van der Waals surface area contributed by atoms with E-state index < -0.39 is 29.2 Å². The number of nitrogens with zero attached hydrogens (tertiary/aromatic N) is 5. The smallest absolute Gasteiger partial charge is 0.341 e. The molecule has 0 aliphatic carbocycles. The van der Waals surface area contributed by atoms with Crippen LogP contribution in [-0.4, -0.2) is 67.4 Å². The van der Waals surface area contributed by atoms with Crippen LogP contribution in [0, 0.1) is 6.92 Å². The lowest BCUT2D eigenvalue weighted by Crippen LogP contribution is -2.61. The molecule has 1 N–H and O–H groups in total. The number of aliphatic hydroxyl groups is 1. The Labute approximate surface area is 178 Å². The Hall–Kier alpha value is -2.56. The van der Waals surface area contributed by atoms with E-state index in [0.29, 0.717) is 11.5 Å². The number of halogens is 1. The van der Waals surface area contributed by atoms with Crippen LogP contribution in [0.25, 0.3) is 5.69 Å². The standard InChI is InChI=1S/C19H24ClN5O5/c1-11-8-14(23-25(11)12-9-13(20)22-21-10-12)24-6-7-29-15(16(24)26)19(5,28)17(27)30-18(2,3)4/h8-10,15,28H,6-7H2,1-5H3. The van der Waals surface area contributed by atoms with Crippen molar-refractivity contribution in [3.63, 3.8) is 0 Å². The van der Waals surface area contributed by atoms with Crippen molar-refractivity contribution < 1.29 is 24.2 Å². The number of amides is 1. The normalized spacial score (nSPS) is 19.5. The van der Waals surface area contributed by atoms with Gasteiger partial charge in [0, 0.05) is 17.8 Å². The van der Waals surface area contributed by atoms with Crippen molar-refractivity contribution in [2.75, 3.05) is 18.1 Å². The molecule has 3 heterocycles. The summed E-state index contributed by atoms with van der Waals surface area (Å²) in [5, 5.41) is 22.9. The molecule has 2 unspecified atom stereocenters. The van der Waals surface area contributed by atoms with E-state index >= 15 is 0 Å². The second-order valence-corrected chi connectivity index (χ2v) is 8.57. The van der Waals surface area contributed by atoms with E-state index in [1.54, 1.807) is 37.6 Å². The number of aromatic nitrogens is 4. The van der Waals surface area contributed by atoms with Gasteiger partial charge in [0.2, 0.25) is 0 Å². The van der Waals surface area contributed by atoms with Crippen molar-refractivity contribution in [2.45, 2.75) is 51.9 Å². The van der Waals surface area contributed by atoms with E-state index in [4.69, 9.17) is 21.1 Å². The minimum Gasteiger partial charge on any atom is -0.458 e. The summed E-state index contributed by atoms with van der Waals surface area (Å²) in [5.41, 5.74) is -1.68. The first kappa shape index (κ1) is 22.1. The summed E-state index contributed by atoms with van der Waals surface area (Å²) in [7, 11) is 0. The molecule has 2 atom stereocenters. The number of carbonyl (C=O) groups is 2. The molecule has 11 heteroatoms. The van der Waals surface area contributed by atoms with Crippen LogP contribution < -0.4 is 4.90 Å². The number of aryl methyl sites for hydroxylation is 1. The molecule has 3 rings (SSSR count). The van der Waals surface area contributed by atoms with Gasteiger partial charge in [-0.3, -0.25) is 9.69 Å². The molecule has 1 fully saturated rings. The number of morpholine rings is 1. The fourth-order valence-electron chi connectivity index (χ4n) is 3.00. The highest BCUT2D eigenvalue weighted by Crippen LogP contribution is 2.27. The SMILES string of the molecule is Cc1cc(N2CCOC(C(C)(O)C(=O)OC(C)(C)C)C2=O)nn1-c1cnnc(Cl)c1. The Balaban J connectivity index is 1.87. The van der Waals surface area contributed by atoms with Crippen molar-refractivity contribution in [3.05, 3.63) is 29.2 Å². The van der Waals surface area contributed by atoms with Crippen LogP contribution in [0.15, 0.2) is 18.3 Å². The Morgan fingerprint density at radius 3 is 2.67 bits per heavy atom. The van der Waals surface area contributed by atoms with Gasteiger partial charge in [-0.25, -0.2) is 9.48 Å². The average molecular weight is 438 g/mol. The summed E-state index contributed by atoms with van der Waals surface area (Å²) in [6.45, 7) is 8.37. The Morgan fingerprint density at radius 1 is 1.33 bits per heavy atom. The van der Waals surface area contributed by atoms with Crippen LogP contribution in [0.1, 0.15) is 33.4 Å². The topological polar surface area (TPSA) is 120 Å². The van der Waals surface area contributed by atoms with Gasteiger partial charge in [0.1, 0.15) is 5.60 Å². The number of rotatable bonds is 4. The molecule has 1 aliphatic rings. The van der Waals surface area contributed by atoms with Crippen molar-refractivity contribution in [1.29, 1.82) is 0 Å². The third-order valence-corrected chi connectivity index (χ3v) is 4.60. The zero-order valence-electron chi connectivity index (χ0n) is 17.4. The number of ether oxygens (including phenoxy) is 2. The number of esters is 1. The molecule has 10 nitrogen and oxygen atoms in total. The van der Waals surface area contributed by atoms with Gasteiger partial charge in [-0.05, 0) is 34.6 Å². The molecule has 1 aliphatic heterocycles. The third kappa shape index (κ3) is 4.45. The summed E-state index contributed by atoms with van der Waals surface area (Å²) in [4.78, 5) is 26.9. The second-order valence-electron chi connectivity index (χ2n) is 8.18. The molecule has 0 saturated carbocycles. The fourth-order valence-corrected chi connectivity index (χ4v) is 3.16. The van der Waals surface area contributed by atoms with E-state index in [1.807, 2.05) is 6.92 Å². The molecule has 2 aromatic heterocycles. The highest BCUT2D eigenvalue weighted by Gasteiger charge is 2.50. The van der Waals surface area contributed by atoms with Gasteiger partial charge >= 0.3 is 5.97 Å². The minimum atomic E-state index is -2.16. The predicted molar refractivity (Wildman–Crippen MR) is 107 cm³/mol. The van der Waals surface area contributed by atoms with Crippen molar-refractivity contribution in [2.24, 2.45) is 0 Å². The summed E-state index contributed by atoms with van der Waals surface area (Å²) >= 11 is 5.90. The maximum Gasteiger partial charge on any atom is 0.341 e. The van der Waals surface area contributed by atoms with Gasteiger partial charge in [-0.1, -0.05) is 11.6 Å². The highest BCUT2D eigenvalue weighted by atomic mass is 35.5. The Morgan fingerprint density at radius 2 is 2.03 bits per heavy atom. The Bertz CT molecular complexity index is 968. The first-order chi connectivity index (χ1) is 13.9. The summed E-state index contributed by atoms with van der Waals surface area (Å²) in [5.74, 6) is -1.18. The molecular weight excluding hydrogens is 414 g/mol. The van der Waals surface area contributed by atoms with Crippen LogP contribution in [-0.2, 0) is 19.1 Å². The number of carbonyl (C=O) groups excluding carboxylic acids is 2. The summed E-state index contributed by atoms with van der Waals surface area (Å²) in [6, 6.07) is 3.30. The lowest BCUT2D eigenvalue weighted by atomic mass is 9.96.